The molecular weight excluding hydrogens is 254 g/mol. The van der Waals surface area contributed by atoms with Crippen molar-refractivity contribution in [1.29, 1.82) is 0 Å². The molecular formula is C16H23NO3. The molecule has 4 heteroatoms. The highest BCUT2D eigenvalue weighted by molar-refractivity contribution is 5.75. The molecule has 1 aromatic rings. The number of rotatable bonds is 4. The van der Waals surface area contributed by atoms with E-state index in [0.717, 1.165) is 5.56 Å². The molecule has 0 spiro atoms. The molecule has 2 unspecified atom stereocenters. The number of aliphatic hydroxyl groups excluding tert-OH is 1. The summed E-state index contributed by atoms with van der Waals surface area (Å²) in [5, 5.41) is 10.4. The SMILES string of the molecule is [2H]C1([2H])C(O)C(C(=O)OCC)C(C)(C)N1Cc1ccccc1. The summed E-state index contributed by atoms with van der Waals surface area (Å²) >= 11 is 0. The zero-order valence-corrected chi connectivity index (χ0v) is 12.2. The van der Waals surface area contributed by atoms with Gasteiger partial charge in [0.2, 0.25) is 0 Å². The van der Waals surface area contributed by atoms with Crippen molar-refractivity contribution >= 4 is 5.97 Å². The Labute approximate surface area is 123 Å². The van der Waals surface area contributed by atoms with E-state index in [9.17, 15) is 9.90 Å². The van der Waals surface area contributed by atoms with Gasteiger partial charge in [-0.25, -0.2) is 0 Å². The van der Waals surface area contributed by atoms with E-state index in [1.54, 1.807) is 25.7 Å². The number of esters is 1. The predicted octanol–water partition coefficient (Wildman–Crippen LogP) is 1.82. The van der Waals surface area contributed by atoms with Crippen LogP contribution in [0.5, 0.6) is 0 Å². The molecule has 110 valence electrons. The van der Waals surface area contributed by atoms with Crippen molar-refractivity contribution in [2.24, 2.45) is 5.92 Å². The number of ether oxygens (including phenoxy) is 1. The van der Waals surface area contributed by atoms with Gasteiger partial charge in [0.25, 0.3) is 0 Å². The average Bonchev–Trinajstić information content (AvgIpc) is 2.57. The van der Waals surface area contributed by atoms with Crippen LogP contribution >= 0.6 is 0 Å². The number of carbonyl (C=O) groups is 1. The van der Waals surface area contributed by atoms with Crippen molar-refractivity contribution in [3.8, 4) is 0 Å². The third kappa shape index (κ3) is 2.86. The molecule has 1 aromatic carbocycles. The standard InChI is InChI=1S/C16H23NO3/c1-4-20-15(19)14-13(18)11-17(16(14,2)3)10-12-8-6-5-7-9-12/h5-9,13-14,18H,4,10-11H2,1-3H3/i11D2. The molecule has 1 aliphatic heterocycles. The number of aliphatic hydroxyl groups is 1. The maximum absolute atomic E-state index is 12.2. The number of nitrogens with zero attached hydrogens (tertiary/aromatic N) is 1. The summed E-state index contributed by atoms with van der Waals surface area (Å²) in [6.07, 6.45) is -1.43. The van der Waals surface area contributed by atoms with Gasteiger partial charge in [0.05, 0.1) is 12.7 Å². The number of likely N-dealkylation sites (tertiary alicyclic amines) is 1. The van der Waals surface area contributed by atoms with Crippen LogP contribution in [0.3, 0.4) is 0 Å². The summed E-state index contributed by atoms with van der Waals surface area (Å²) in [5.41, 5.74) is 0.0709. The van der Waals surface area contributed by atoms with Gasteiger partial charge in [-0.2, -0.15) is 0 Å². The number of carbonyl (C=O) groups excluding carboxylic acids is 1. The summed E-state index contributed by atoms with van der Waals surface area (Å²) in [5.74, 6) is -1.48. The second-order valence-corrected chi connectivity index (χ2v) is 5.53. The van der Waals surface area contributed by atoms with E-state index in [2.05, 4.69) is 0 Å². The number of hydrogen-bond donors (Lipinski definition) is 1. The van der Waals surface area contributed by atoms with Gasteiger partial charge in [-0.1, -0.05) is 30.3 Å². The molecule has 0 aromatic heterocycles. The average molecular weight is 279 g/mol. The van der Waals surface area contributed by atoms with Gasteiger partial charge < -0.3 is 9.84 Å². The smallest absolute Gasteiger partial charge is 0.313 e. The molecule has 2 atom stereocenters. The summed E-state index contributed by atoms with van der Waals surface area (Å²) < 4.78 is 21.5. The van der Waals surface area contributed by atoms with Crippen LogP contribution in [0.2, 0.25) is 0 Å². The van der Waals surface area contributed by atoms with E-state index in [0.29, 0.717) is 6.54 Å². The van der Waals surface area contributed by atoms with Crippen LogP contribution in [-0.2, 0) is 16.1 Å². The maximum atomic E-state index is 12.2. The third-order valence-electron chi connectivity index (χ3n) is 3.78. The van der Waals surface area contributed by atoms with Crippen LogP contribution < -0.4 is 0 Å². The minimum absolute atomic E-state index is 0.208. The van der Waals surface area contributed by atoms with Crippen LogP contribution in [0.4, 0.5) is 0 Å². The van der Waals surface area contributed by atoms with Crippen LogP contribution in [-0.4, -0.2) is 40.7 Å². The van der Waals surface area contributed by atoms with Crippen molar-refractivity contribution in [3.05, 3.63) is 35.9 Å². The fourth-order valence-electron chi connectivity index (χ4n) is 2.62. The Hall–Kier alpha value is -1.39. The Morgan fingerprint density at radius 3 is 2.75 bits per heavy atom. The monoisotopic (exact) mass is 279 g/mol. The maximum Gasteiger partial charge on any atom is 0.313 e. The quantitative estimate of drug-likeness (QED) is 0.854. The minimum atomic E-state index is -2.00. The van der Waals surface area contributed by atoms with E-state index in [-0.39, 0.29) is 6.61 Å². The van der Waals surface area contributed by atoms with Crippen molar-refractivity contribution < 1.29 is 17.4 Å². The Kier molecular flexibility index (Phi) is 3.67. The second-order valence-electron chi connectivity index (χ2n) is 5.53. The van der Waals surface area contributed by atoms with Gasteiger partial charge in [0.1, 0.15) is 5.92 Å². The van der Waals surface area contributed by atoms with Gasteiger partial charge in [-0.05, 0) is 26.3 Å². The molecule has 1 aliphatic rings. The van der Waals surface area contributed by atoms with Crippen LogP contribution in [0, 0.1) is 5.92 Å². The molecule has 1 N–H and O–H groups in total. The highest BCUT2D eigenvalue weighted by Crippen LogP contribution is 2.36. The van der Waals surface area contributed by atoms with E-state index >= 15 is 0 Å². The molecule has 2 rings (SSSR count). The Balaban J connectivity index is 2.34. The Bertz CT molecular complexity index is 533. The largest absolute Gasteiger partial charge is 0.466 e. The Morgan fingerprint density at radius 1 is 1.50 bits per heavy atom. The summed E-state index contributed by atoms with van der Waals surface area (Å²) in [7, 11) is 0. The zero-order chi connectivity index (χ0) is 16.5. The highest BCUT2D eigenvalue weighted by atomic mass is 16.5. The molecule has 1 fully saturated rings. The molecule has 0 aliphatic carbocycles. The van der Waals surface area contributed by atoms with Crippen molar-refractivity contribution in [2.45, 2.75) is 39.0 Å². The number of benzene rings is 1. The van der Waals surface area contributed by atoms with E-state index in [1.807, 2.05) is 30.3 Å². The van der Waals surface area contributed by atoms with Crippen LogP contribution in [0.1, 0.15) is 29.1 Å². The van der Waals surface area contributed by atoms with Crippen molar-refractivity contribution in [1.82, 2.24) is 4.90 Å². The Morgan fingerprint density at radius 2 is 2.15 bits per heavy atom. The fraction of sp³-hybridized carbons (Fsp3) is 0.562. The van der Waals surface area contributed by atoms with Gasteiger partial charge >= 0.3 is 5.97 Å². The molecule has 0 bridgehead atoms. The van der Waals surface area contributed by atoms with E-state index < -0.39 is 30.0 Å². The van der Waals surface area contributed by atoms with E-state index in [4.69, 9.17) is 7.48 Å². The van der Waals surface area contributed by atoms with Gasteiger partial charge in [0, 0.05) is 21.3 Å². The van der Waals surface area contributed by atoms with Crippen molar-refractivity contribution in [2.75, 3.05) is 13.1 Å². The summed E-state index contributed by atoms with van der Waals surface area (Å²) in [6.45, 7) is 3.75. The first-order valence-corrected chi connectivity index (χ1v) is 6.89. The number of β-amino-alcohol motifs (C(OH)–C–C–N with tert-alkyl or cyclic N) is 1. The highest BCUT2D eigenvalue weighted by Gasteiger charge is 2.51. The molecule has 0 radical (unpaired) electrons. The lowest BCUT2D eigenvalue weighted by Crippen LogP contribution is -2.46. The van der Waals surface area contributed by atoms with Gasteiger partial charge in [0.15, 0.2) is 0 Å². The molecule has 1 heterocycles. The predicted molar refractivity (Wildman–Crippen MR) is 77.1 cm³/mol. The second kappa shape index (κ2) is 5.94. The zero-order valence-electron chi connectivity index (χ0n) is 14.2. The molecule has 0 amide bonds. The first-order valence-electron chi connectivity index (χ1n) is 7.89. The number of hydrogen-bond acceptors (Lipinski definition) is 4. The third-order valence-corrected chi connectivity index (χ3v) is 3.78. The lowest BCUT2D eigenvalue weighted by atomic mass is 9.87. The minimum Gasteiger partial charge on any atom is -0.466 e. The molecule has 1 saturated heterocycles. The summed E-state index contributed by atoms with van der Waals surface area (Å²) in [6, 6.07) is 9.45. The molecule has 0 saturated carbocycles. The van der Waals surface area contributed by atoms with Gasteiger partial charge in [-0.15, -0.1) is 0 Å². The first-order chi connectivity index (χ1) is 10.2. The van der Waals surface area contributed by atoms with E-state index in [1.165, 1.54) is 0 Å². The first kappa shape index (κ1) is 12.4. The van der Waals surface area contributed by atoms with Crippen LogP contribution in [0.15, 0.2) is 30.3 Å². The lowest BCUT2D eigenvalue weighted by Gasteiger charge is -2.34. The normalized spacial score (nSPS) is 29.6. The topological polar surface area (TPSA) is 49.8 Å². The molecule has 20 heavy (non-hydrogen) atoms. The molecule has 4 nitrogen and oxygen atoms in total. The van der Waals surface area contributed by atoms with Crippen molar-refractivity contribution in [3.63, 3.8) is 0 Å². The summed E-state index contributed by atoms with van der Waals surface area (Å²) in [4.78, 5) is 13.7. The fourth-order valence-corrected chi connectivity index (χ4v) is 2.62. The van der Waals surface area contributed by atoms with Gasteiger partial charge in [-0.3, -0.25) is 9.69 Å². The lowest BCUT2D eigenvalue weighted by molar-refractivity contribution is -0.153. The van der Waals surface area contributed by atoms with Crippen LogP contribution in [0.25, 0.3) is 0 Å².